The molecule has 1 saturated heterocycles. The van der Waals surface area contributed by atoms with Crippen molar-refractivity contribution >= 4 is 23.5 Å². The van der Waals surface area contributed by atoms with Crippen LogP contribution >= 0.6 is 0 Å². The zero-order chi connectivity index (χ0) is 21.6. The van der Waals surface area contributed by atoms with E-state index in [4.69, 9.17) is 4.98 Å². The van der Waals surface area contributed by atoms with Crippen LogP contribution in [0.1, 0.15) is 41.3 Å². The molecule has 0 aromatic carbocycles. The summed E-state index contributed by atoms with van der Waals surface area (Å²) < 4.78 is 0. The normalized spacial score (nSPS) is 16.5. The molecule has 1 fully saturated rings. The Balaban J connectivity index is 1.47. The summed E-state index contributed by atoms with van der Waals surface area (Å²) in [6, 6.07) is 11.9. The molecule has 6 nitrogen and oxygen atoms in total. The van der Waals surface area contributed by atoms with Gasteiger partial charge in [-0.2, -0.15) is 0 Å². The second-order valence-corrected chi connectivity index (χ2v) is 7.96. The van der Waals surface area contributed by atoms with Gasteiger partial charge in [0.25, 0.3) is 0 Å². The first kappa shape index (κ1) is 20.7. The number of anilines is 2. The summed E-state index contributed by atoms with van der Waals surface area (Å²) in [6.45, 7) is 5.49. The molecule has 1 atom stereocenters. The van der Waals surface area contributed by atoms with Gasteiger partial charge in [-0.25, -0.2) is 4.98 Å². The average molecular weight is 414 g/mol. The first-order valence-electron chi connectivity index (χ1n) is 10.6. The lowest BCUT2D eigenvalue weighted by atomic mass is 9.93. The van der Waals surface area contributed by atoms with E-state index in [1.54, 1.807) is 24.7 Å². The van der Waals surface area contributed by atoms with E-state index in [9.17, 15) is 4.79 Å². The number of aromatic nitrogens is 3. The SMILES string of the molecule is Cc1cc(Nc2ncccc2C)cc([C@H]2CCCN(C(=O)/C=C/c3cccnc3)C2)n1. The van der Waals surface area contributed by atoms with Gasteiger partial charge in [-0.3, -0.25) is 14.8 Å². The minimum absolute atomic E-state index is 0.0312. The minimum Gasteiger partial charge on any atom is -0.340 e. The Morgan fingerprint density at radius 2 is 2.06 bits per heavy atom. The van der Waals surface area contributed by atoms with Gasteiger partial charge in [0.1, 0.15) is 5.82 Å². The topological polar surface area (TPSA) is 71.0 Å². The number of pyridine rings is 3. The van der Waals surface area contributed by atoms with Crippen molar-refractivity contribution < 1.29 is 4.79 Å². The molecule has 0 bridgehead atoms. The molecule has 3 aromatic rings. The maximum atomic E-state index is 12.7. The van der Waals surface area contributed by atoms with E-state index >= 15 is 0 Å². The fourth-order valence-electron chi connectivity index (χ4n) is 3.90. The molecule has 4 heterocycles. The van der Waals surface area contributed by atoms with Crippen molar-refractivity contribution in [1.82, 2.24) is 19.9 Å². The standard InChI is InChI=1S/C25H27N5O/c1-18-6-3-12-27-25(18)29-22-14-19(2)28-23(15-22)21-8-5-13-30(17-21)24(31)10-9-20-7-4-11-26-16-20/h3-4,6-7,9-12,14-16,21H,5,8,13,17H2,1-2H3,(H,27,28,29)/b10-9+/t21-/m0/s1. The molecule has 1 N–H and O–H groups in total. The first-order valence-corrected chi connectivity index (χ1v) is 10.6. The number of rotatable bonds is 5. The summed E-state index contributed by atoms with van der Waals surface area (Å²) in [6.07, 6.45) is 10.7. The molecule has 0 radical (unpaired) electrons. The third-order valence-corrected chi connectivity index (χ3v) is 5.50. The number of nitrogens with one attached hydrogen (secondary N) is 1. The Bertz CT molecular complexity index is 1080. The van der Waals surface area contributed by atoms with Crippen LogP contribution in [0.4, 0.5) is 11.5 Å². The van der Waals surface area contributed by atoms with Gasteiger partial charge in [-0.15, -0.1) is 0 Å². The fraction of sp³-hybridized carbons (Fsp3) is 0.280. The second-order valence-electron chi connectivity index (χ2n) is 7.96. The number of carbonyl (C=O) groups excluding carboxylic acids is 1. The van der Waals surface area contributed by atoms with Crippen LogP contribution in [0.2, 0.25) is 0 Å². The van der Waals surface area contributed by atoms with Crippen molar-refractivity contribution in [2.45, 2.75) is 32.6 Å². The van der Waals surface area contributed by atoms with Gasteiger partial charge in [-0.05, 0) is 68.2 Å². The molecule has 0 spiro atoms. The molecule has 158 valence electrons. The zero-order valence-electron chi connectivity index (χ0n) is 18.0. The van der Waals surface area contributed by atoms with Crippen LogP contribution in [-0.4, -0.2) is 38.8 Å². The lowest BCUT2D eigenvalue weighted by Gasteiger charge is -2.32. The van der Waals surface area contributed by atoms with E-state index in [1.165, 1.54) is 0 Å². The molecular weight excluding hydrogens is 386 g/mol. The maximum Gasteiger partial charge on any atom is 0.246 e. The highest BCUT2D eigenvalue weighted by molar-refractivity contribution is 5.91. The van der Waals surface area contributed by atoms with Gasteiger partial charge >= 0.3 is 0 Å². The third-order valence-electron chi connectivity index (χ3n) is 5.50. The predicted molar refractivity (Wildman–Crippen MR) is 123 cm³/mol. The van der Waals surface area contributed by atoms with E-state index in [2.05, 4.69) is 21.4 Å². The molecule has 1 aliphatic rings. The second kappa shape index (κ2) is 9.51. The Hall–Kier alpha value is -3.54. The van der Waals surface area contributed by atoms with Crippen LogP contribution < -0.4 is 5.32 Å². The van der Waals surface area contributed by atoms with Crippen molar-refractivity contribution in [2.75, 3.05) is 18.4 Å². The Morgan fingerprint density at radius 1 is 1.19 bits per heavy atom. The minimum atomic E-state index is 0.0312. The molecule has 1 amide bonds. The van der Waals surface area contributed by atoms with Crippen LogP contribution in [0.25, 0.3) is 6.08 Å². The summed E-state index contributed by atoms with van der Waals surface area (Å²) in [5.74, 6) is 1.10. The molecular formula is C25H27N5O. The van der Waals surface area contributed by atoms with Crippen molar-refractivity contribution in [3.63, 3.8) is 0 Å². The van der Waals surface area contributed by atoms with Gasteiger partial charge in [0.05, 0.1) is 0 Å². The average Bonchev–Trinajstić information content (AvgIpc) is 2.79. The molecule has 4 rings (SSSR count). The highest BCUT2D eigenvalue weighted by atomic mass is 16.2. The van der Waals surface area contributed by atoms with E-state index in [1.807, 2.05) is 55.2 Å². The molecule has 6 heteroatoms. The number of amides is 1. The lowest BCUT2D eigenvalue weighted by molar-refractivity contribution is -0.127. The van der Waals surface area contributed by atoms with Gasteiger partial charge in [0.15, 0.2) is 0 Å². The van der Waals surface area contributed by atoms with Gasteiger partial charge < -0.3 is 10.2 Å². The number of piperidine rings is 1. The van der Waals surface area contributed by atoms with Gasteiger partial charge in [0, 0.05) is 60.7 Å². The number of likely N-dealkylation sites (tertiary alicyclic amines) is 1. The van der Waals surface area contributed by atoms with Gasteiger partial charge in [-0.1, -0.05) is 12.1 Å². The van der Waals surface area contributed by atoms with Crippen LogP contribution in [0.15, 0.2) is 61.1 Å². The summed E-state index contributed by atoms with van der Waals surface area (Å²) in [5, 5.41) is 3.42. The zero-order valence-corrected chi connectivity index (χ0v) is 18.0. The smallest absolute Gasteiger partial charge is 0.246 e. The molecule has 0 unspecified atom stereocenters. The van der Waals surface area contributed by atoms with Crippen molar-refractivity contribution in [1.29, 1.82) is 0 Å². The maximum absolute atomic E-state index is 12.7. The summed E-state index contributed by atoms with van der Waals surface area (Å²) >= 11 is 0. The van der Waals surface area contributed by atoms with Crippen LogP contribution in [-0.2, 0) is 4.79 Å². The van der Waals surface area contributed by atoms with E-state index in [-0.39, 0.29) is 11.8 Å². The number of hydrogen-bond acceptors (Lipinski definition) is 5. The Kier molecular flexibility index (Phi) is 6.36. The number of aryl methyl sites for hydroxylation is 2. The fourth-order valence-corrected chi connectivity index (χ4v) is 3.90. The van der Waals surface area contributed by atoms with Gasteiger partial charge in [0.2, 0.25) is 5.91 Å². The van der Waals surface area contributed by atoms with Crippen LogP contribution in [0.3, 0.4) is 0 Å². The largest absolute Gasteiger partial charge is 0.340 e. The van der Waals surface area contributed by atoms with E-state index in [0.29, 0.717) is 6.54 Å². The molecule has 0 aliphatic carbocycles. The number of carbonyl (C=O) groups is 1. The highest BCUT2D eigenvalue weighted by Gasteiger charge is 2.25. The third kappa shape index (κ3) is 5.34. The summed E-state index contributed by atoms with van der Waals surface area (Å²) in [7, 11) is 0. The summed E-state index contributed by atoms with van der Waals surface area (Å²) in [4.78, 5) is 28.0. The van der Waals surface area contributed by atoms with Crippen molar-refractivity contribution in [2.24, 2.45) is 0 Å². The summed E-state index contributed by atoms with van der Waals surface area (Å²) in [5.41, 5.74) is 4.96. The molecule has 3 aromatic heterocycles. The number of nitrogens with zero attached hydrogens (tertiary/aromatic N) is 4. The molecule has 31 heavy (non-hydrogen) atoms. The van der Waals surface area contributed by atoms with E-state index < -0.39 is 0 Å². The van der Waals surface area contributed by atoms with E-state index in [0.717, 1.165) is 53.4 Å². The van der Waals surface area contributed by atoms with Crippen molar-refractivity contribution in [3.05, 3.63) is 83.6 Å². The Labute approximate surface area is 183 Å². The van der Waals surface area contributed by atoms with Crippen molar-refractivity contribution in [3.8, 4) is 0 Å². The highest BCUT2D eigenvalue weighted by Crippen LogP contribution is 2.29. The monoisotopic (exact) mass is 413 g/mol. The Morgan fingerprint density at radius 3 is 2.87 bits per heavy atom. The molecule has 1 aliphatic heterocycles. The lowest BCUT2D eigenvalue weighted by Crippen LogP contribution is -2.38. The predicted octanol–water partition coefficient (Wildman–Crippen LogP) is 4.65. The number of hydrogen-bond donors (Lipinski definition) is 1. The van der Waals surface area contributed by atoms with Crippen LogP contribution in [0, 0.1) is 13.8 Å². The first-order chi connectivity index (χ1) is 15.1. The van der Waals surface area contributed by atoms with Crippen LogP contribution in [0.5, 0.6) is 0 Å². The quantitative estimate of drug-likeness (QED) is 0.617. The molecule has 0 saturated carbocycles.